The van der Waals surface area contributed by atoms with Crippen LogP contribution in [0.25, 0.3) is 11.1 Å². The van der Waals surface area contributed by atoms with E-state index in [1.54, 1.807) is 0 Å². The van der Waals surface area contributed by atoms with Crippen LogP contribution in [0.2, 0.25) is 5.02 Å². The lowest BCUT2D eigenvalue weighted by atomic mass is 10.0. The maximum Gasteiger partial charge on any atom is 0.573 e. The minimum absolute atomic E-state index is 0.0649. The maximum absolute atomic E-state index is 12.8. The van der Waals surface area contributed by atoms with Crippen LogP contribution in [0, 0.1) is 0 Å². The summed E-state index contributed by atoms with van der Waals surface area (Å²) in [6.45, 7) is 0. The van der Waals surface area contributed by atoms with Crippen LogP contribution in [0.3, 0.4) is 0 Å². The lowest BCUT2D eigenvalue weighted by Crippen LogP contribution is -2.16. The van der Waals surface area contributed by atoms with Crippen molar-refractivity contribution in [3.63, 3.8) is 0 Å². The number of rotatable bonds is 2. The fourth-order valence-electron chi connectivity index (χ4n) is 1.81. The maximum atomic E-state index is 12.8. The Balaban J connectivity index is 2.37. The SMILES string of the molecule is FC(F)(F)Oc1ccc(-c2cccc(C(F)(F)F)c2Cl)cc1. The third-order valence-electron chi connectivity index (χ3n) is 2.70. The Kier molecular flexibility index (Phi) is 4.28. The quantitative estimate of drug-likeness (QED) is 0.616. The Morgan fingerprint density at radius 1 is 0.818 bits per heavy atom. The van der Waals surface area contributed by atoms with E-state index in [-0.39, 0.29) is 11.1 Å². The second-order valence-corrected chi connectivity index (χ2v) is 4.62. The van der Waals surface area contributed by atoms with Crippen molar-refractivity contribution in [2.75, 3.05) is 0 Å². The van der Waals surface area contributed by atoms with E-state index in [1.165, 1.54) is 24.3 Å². The molecule has 0 aliphatic carbocycles. The van der Waals surface area contributed by atoms with Crippen LogP contribution in [-0.4, -0.2) is 6.36 Å². The zero-order valence-electron chi connectivity index (χ0n) is 10.6. The van der Waals surface area contributed by atoms with Gasteiger partial charge in [0, 0.05) is 5.56 Å². The Morgan fingerprint density at radius 3 is 1.91 bits per heavy atom. The molecule has 118 valence electrons. The second kappa shape index (κ2) is 5.72. The number of hydrogen-bond acceptors (Lipinski definition) is 1. The van der Waals surface area contributed by atoms with Gasteiger partial charge in [-0.05, 0) is 23.8 Å². The summed E-state index contributed by atoms with van der Waals surface area (Å²) in [7, 11) is 0. The van der Waals surface area contributed by atoms with Crippen LogP contribution in [-0.2, 0) is 6.18 Å². The number of alkyl halides is 6. The van der Waals surface area contributed by atoms with E-state index in [0.717, 1.165) is 18.2 Å². The average molecular weight is 341 g/mol. The first-order valence-corrected chi connectivity index (χ1v) is 6.17. The predicted octanol–water partition coefficient (Wildman–Crippen LogP) is 5.92. The van der Waals surface area contributed by atoms with Gasteiger partial charge in [0.05, 0.1) is 10.6 Å². The van der Waals surface area contributed by atoms with Gasteiger partial charge in [-0.1, -0.05) is 35.9 Å². The summed E-state index contributed by atoms with van der Waals surface area (Å²) in [5.74, 6) is -0.473. The van der Waals surface area contributed by atoms with E-state index in [1.807, 2.05) is 0 Å². The van der Waals surface area contributed by atoms with Gasteiger partial charge in [-0.3, -0.25) is 0 Å². The summed E-state index contributed by atoms with van der Waals surface area (Å²) >= 11 is 5.74. The van der Waals surface area contributed by atoms with Crippen LogP contribution in [0.1, 0.15) is 5.56 Å². The minimum atomic E-state index is -4.84. The molecular weight excluding hydrogens is 334 g/mol. The van der Waals surface area contributed by atoms with Gasteiger partial charge in [-0.2, -0.15) is 13.2 Å². The zero-order chi connectivity index (χ0) is 16.5. The molecule has 0 aromatic heterocycles. The molecule has 0 aliphatic rings. The lowest BCUT2D eigenvalue weighted by molar-refractivity contribution is -0.274. The summed E-state index contributed by atoms with van der Waals surface area (Å²) in [6, 6.07) is 7.73. The number of halogens is 7. The predicted molar refractivity (Wildman–Crippen MR) is 68.6 cm³/mol. The van der Waals surface area contributed by atoms with Gasteiger partial charge in [0.2, 0.25) is 0 Å². The van der Waals surface area contributed by atoms with Crippen LogP contribution in [0.4, 0.5) is 26.3 Å². The molecule has 0 heterocycles. The molecule has 0 radical (unpaired) electrons. The topological polar surface area (TPSA) is 9.23 Å². The van der Waals surface area contributed by atoms with Crippen LogP contribution >= 0.6 is 11.6 Å². The molecule has 22 heavy (non-hydrogen) atoms. The van der Waals surface area contributed by atoms with Crippen LogP contribution in [0.5, 0.6) is 5.75 Å². The van der Waals surface area contributed by atoms with Crippen molar-refractivity contribution >= 4 is 11.6 Å². The molecule has 0 N–H and O–H groups in total. The standard InChI is InChI=1S/C14H7ClF6O/c15-12-10(2-1-3-11(12)13(16,17)18)8-4-6-9(7-5-8)22-14(19,20)21/h1-7H. The number of hydrogen-bond donors (Lipinski definition) is 0. The highest BCUT2D eigenvalue weighted by Gasteiger charge is 2.34. The fraction of sp³-hybridized carbons (Fsp3) is 0.143. The van der Waals surface area contributed by atoms with E-state index in [2.05, 4.69) is 4.74 Å². The third-order valence-corrected chi connectivity index (χ3v) is 3.11. The van der Waals surface area contributed by atoms with Gasteiger partial charge >= 0.3 is 12.5 Å². The first kappa shape index (κ1) is 16.5. The van der Waals surface area contributed by atoms with Gasteiger partial charge in [-0.15, -0.1) is 13.2 Å². The molecule has 0 saturated heterocycles. The van der Waals surface area contributed by atoms with Crippen molar-refractivity contribution in [1.82, 2.24) is 0 Å². The molecule has 2 rings (SSSR count). The number of ether oxygens (including phenoxy) is 1. The number of benzene rings is 2. The largest absolute Gasteiger partial charge is 0.573 e. The highest BCUT2D eigenvalue weighted by molar-refractivity contribution is 6.34. The molecule has 2 aromatic carbocycles. The Morgan fingerprint density at radius 2 is 1.41 bits per heavy atom. The summed E-state index contributed by atoms with van der Waals surface area (Å²) in [4.78, 5) is 0. The summed E-state index contributed by atoms with van der Waals surface area (Å²) in [6.07, 6.45) is -9.46. The van der Waals surface area contributed by atoms with Gasteiger partial charge in [0.15, 0.2) is 0 Å². The molecule has 2 aromatic rings. The first-order chi connectivity index (χ1) is 10.1. The molecule has 0 atom stereocenters. The average Bonchev–Trinajstić information content (AvgIpc) is 2.37. The van der Waals surface area contributed by atoms with Crippen molar-refractivity contribution in [3.05, 3.63) is 53.1 Å². The monoisotopic (exact) mass is 340 g/mol. The minimum Gasteiger partial charge on any atom is -0.406 e. The summed E-state index contributed by atoms with van der Waals surface area (Å²) < 4.78 is 78.1. The van der Waals surface area contributed by atoms with Crippen molar-refractivity contribution in [2.24, 2.45) is 0 Å². The van der Waals surface area contributed by atoms with Gasteiger partial charge < -0.3 is 4.74 Å². The molecule has 0 aliphatic heterocycles. The van der Waals surface area contributed by atoms with Crippen molar-refractivity contribution < 1.29 is 31.1 Å². The van der Waals surface area contributed by atoms with Crippen molar-refractivity contribution in [3.8, 4) is 16.9 Å². The molecule has 0 bridgehead atoms. The second-order valence-electron chi connectivity index (χ2n) is 4.24. The molecule has 0 saturated carbocycles. The Bertz CT molecular complexity index is 661. The third kappa shape index (κ3) is 3.85. The molecule has 0 amide bonds. The molecule has 0 fully saturated rings. The molecule has 1 nitrogen and oxygen atoms in total. The van der Waals surface area contributed by atoms with E-state index in [0.29, 0.717) is 0 Å². The van der Waals surface area contributed by atoms with E-state index >= 15 is 0 Å². The highest BCUT2D eigenvalue weighted by atomic mass is 35.5. The fourth-order valence-corrected chi connectivity index (χ4v) is 2.15. The summed E-state index contributed by atoms with van der Waals surface area (Å²) in [5, 5.41) is -0.514. The van der Waals surface area contributed by atoms with Gasteiger partial charge in [-0.25, -0.2) is 0 Å². The molecule has 0 spiro atoms. The van der Waals surface area contributed by atoms with E-state index in [4.69, 9.17) is 11.6 Å². The van der Waals surface area contributed by atoms with Crippen LogP contribution < -0.4 is 4.74 Å². The van der Waals surface area contributed by atoms with Gasteiger partial charge in [0.25, 0.3) is 0 Å². The Labute approximate surface area is 126 Å². The normalized spacial score (nSPS) is 12.3. The first-order valence-electron chi connectivity index (χ1n) is 5.80. The summed E-state index contributed by atoms with van der Waals surface area (Å²) in [5.41, 5.74) is -0.706. The Hall–Kier alpha value is -1.89. The molecular formula is C14H7ClF6O. The molecule has 8 heteroatoms. The van der Waals surface area contributed by atoms with Crippen molar-refractivity contribution in [2.45, 2.75) is 12.5 Å². The van der Waals surface area contributed by atoms with Crippen molar-refractivity contribution in [1.29, 1.82) is 0 Å². The van der Waals surface area contributed by atoms with E-state index < -0.39 is 28.9 Å². The lowest BCUT2D eigenvalue weighted by Gasteiger charge is -2.13. The molecule has 0 unspecified atom stereocenters. The smallest absolute Gasteiger partial charge is 0.406 e. The van der Waals surface area contributed by atoms with Crippen LogP contribution in [0.15, 0.2) is 42.5 Å². The highest BCUT2D eigenvalue weighted by Crippen LogP contribution is 2.40. The zero-order valence-corrected chi connectivity index (χ0v) is 11.4. The van der Waals surface area contributed by atoms with E-state index in [9.17, 15) is 26.3 Å². The van der Waals surface area contributed by atoms with Gasteiger partial charge in [0.1, 0.15) is 5.75 Å².